The summed E-state index contributed by atoms with van der Waals surface area (Å²) in [7, 11) is 2.88. The molecule has 1 aromatic rings. The number of rotatable bonds is 3. The van der Waals surface area contributed by atoms with Crippen molar-refractivity contribution >= 4 is 17.7 Å². The minimum atomic E-state index is -0.297. The molecule has 0 spiro atoms. The van der Waals surface area contributed by atoms with Crippen molar-refractivity contribution in [1.29, 1.82) is 0 Å². The highest BCUT2D eigenvalue weighted by atomic mass is 32.2. The fourth-order valence-electron chi connectivity index (χ4n) is 1.81. The van der Waals surface area contributed by atoms with Gasteiger partial charge in [-0.1, -0.05) is 6.07 Å². The van der Waals surface area contributed by atoms with Gasteiger partial charge in [0.25, 0.3) is 0 Å². The highest BCUT2D eigenvalue weighted by molar-refractivity contribution is 7.99. The second-order valence-electron chi connectivity index (χ2n) is 3.89. The summed E-state index contributed by atoms with van der Waals surface area (Å²) in [5.74, 6) is 0.928. The van der Waals surface area contributed by atoms with E-state index in [2.05, 4.69) is 5.32 Å². The van der Waals surface area contributed by atoms with Crippen LogP contribution < -0.4 is 10.1 Å². The highest BCUT2D eigenvalue weighted by Crippen LogP contribution is 2.36. The molecule has 1 fully saturated rings. The first-order chi connectivity index (χ1) is 8.65. The molecule has 1 aliphatic heterocycles. The SMILES string of the molecule is COC(=O)[C@@H]1CSC(c2ccc(OC)c(O)c2)N1. The Bertz CT molecular complexity index is 452. The zero-order valence-corrected chi connectivity index (χ0v) is 11.0. The summed E-state index contributed by atoms with van der Waals surface area (Å²) >= 11 is 1.61. The van der Waals surface area contributed by atoms with E-state index in [1.807, 2.05) is 6.07 Å². The van der Waals surface area contributed by atoms with E-state index in [9.17, 15) is 9.90 Å². The van der Waals surface area contributed by atoms with Crippen molar-refractivity contribution in [3.8, 4) is 11.5 Å². The Morgan fingerprint density at radius 1 is 1.50 bits per heavy atom. The van der Waals surface area contributed by atoms with Crippen LogP contribution in [0.3, 0.4) is 0 Å². The van der Waals surface area contributed by atoms with E-state index in [0.717, 1.165) is 5.56 Å². The lowest BCUT2D eigenvalue weighted by molar-refractivity contribution is -0.142. The maximum Gasteiger partial charge on any atom is 0.323 e. The average Bonchev–Trinajstić information content (AvgIpc) is 2.87. The molecule has 1 aliphatic rings. The summed E-state index contributed by atoms with van der Waals surface area (Å²) in [6, 6.07) is 4.92. The van der Waals surface area contributed by atoms with Gasteiger partial charge in [0.1, 0.15) is 6.04 Å². The number of nitrogens with one attached hydrogen (secondary N) is 1. The molecular weight excluding hydrogens is 254 g/mol. The van der Waals surface area contributed by atoms with E-state index in [-0.39, 0.29) is 23.1 Å². The van der Waals surface area contributed by atoms with Crippen LogP contribution in [0.25, 0.3) is 0 Å². The van der Waals surface area contributed by atoms with Gasteiger partial charge < -0.3 is 14.6 Å². The van der Waals surface area contributed by atoms with Crippen molar-refractivity contribution in [2.24, 2.45) is 0 Å². The Morgan fingerprint density at radius 2 is 2.28 bits per heavy atom. The summed E-state index contributed by atoms with van der Waals surface area (Å²) in [6.07, 6.45) is 0. The molecular formula is C12H15NO4S. The van der Waals surface area contributed by atoms with Gasteiger partial charge in [0.2, 0.25) is 0 Å². The van der Waals surface area contributed by atoms with Gasteiger partial charge >= 0.3 is 5.97 Å². The lowest BCUT2D eigenvalue weighted by atomic mass is 10.2. The Kier molecular flexibility index (Phi) is 3.98. The lowest BCUT2D eigenvalue weighted by Gasteiger charge is -2.13. The van der Waals surface area contributed by atoms with Crippen LogP contribution in [0.2, 0.25) is 0 Å². The third kappa shape index (κ3) is 2.54. The van der Waals surface area contributed by atoms with Crippen molar-refractivity contribution in [2.45, 2.75) is 11.4 Å². The largest absolute Gasteiger partial charge is 0.504 e. The van der Waals surface area contributed by atoms with E-state index in [0.29, 0.717) is 11.5 Å². The molecule has 6 heteroatoms. The number of hydrogen-bond donors (Lipinski definition) is 2. The molecule has 0 amide bonds. The van der Waals surface area contributed by atoms with Crippen molar-refractivity contribution in [1.82, 2.24) is 5.32 Å². The molecule has 5 nitrogen and oxygen atoms in total. The molecule has 18 heavy (non-hydrogen) atoms. The molecule has 1 heterocycles. The van der Waals surface area contributed by atoms with Crippen molar-refractivity contribution in [2.75, 3.05) is 20.0 Å². The van der Waals surface area contributed by atoms with Crippen molar-refractivity contribution in [3.05, 3.63) is 23.8 Å². The van der Waals surface area contributed by atoms with Gasteiger partial charge in [-0.05, 0) is 17.7 Å². The van der Waals surface area contributed by atoms with Gasteiger partial charge in [-0.2, -0.15) is 0 Å². The van der Waals surface area contributed by atoms with Crippen LogP contribution in [-0.4, -0.2) is 37.1 Å². The van der Waals surface area contributed by atoms with Crippen LogP contribution >= 0.6 is 11.8 Å². The van der Waals surface area contributed by atoms with Crippen LogP contribution in [-0.2, 0) is 9.53 Å². The molecule has 2 N–H and O–H groups in total. The number of ether oxygens (including phenoxy) is 2. The summed E-state index contributed by atoms with van der Waals surface area (Å²) in [4.78, 5) is 11.4. The number of carbonyl (C=O) groups excluding carboxylic acids is 1. The predicted molar refractivity (Wildman–Crippen MR) is 68.8 cm³/mol. The molecule has 98 valence electrons. The number of phenolic OH excluding ortho intramolecular Hbond substituents is 1. The molecule has 1 unspecified atom stereocenters. The molecule has 1 saturated heterocycles. The third-order valence-corrected chi connectivity index (χ3v) is 4.04. The zero-order valence-electron chi connectivity index (χ0n) is 10.2. The molecule has 0 aromatic heterocycles. The normalized spacial score (nSPS) is 22.8. The molecule has 0 bridgehead atoms. The fourth-order valence-corrected chi connectivity index (χ4v) is 3.03. The smallest absolute Gasteiger partial charge is 0.323 e. The van der Waals surface area contributed by atoms with E-state index in [1.165, 1.54) is 14.2 Å². The number of phenols is 1. The summed E-state index contributed by atoms with van der Waals surface area (Å²) in [5.41, 5.74) is 0.907. The average molecular weight is 269 g/mol. The quantitative estimate of drug-likeness (QED) is 0.806. The molecule has 0 aliphatic carbocycles. The van der Waals surface area contributed by atoms with E-state index in [1.54, 1.807) is 23.9 Å². The zero-order chi connectivity index (χ0) is 13.1. The number of thioether (sulfide) groups is 1. The van der Waals surface area contributed by atoms with Crippen LogP contribution in [0.5, 0.6) is 11.5 Å². The summed E-state index contributed by atoms with van der Waals surface area (Å²) in [5, 5.41) is 12.9. The minimum Gasteiger partial charge on any atom is -0.504 e. The molecule has 1 aromatic carbocycles. The fraction of sp³-hybridized carbons (Fsp3) is 0.417. The number of esters is 1. The second-order valence-corrected chi connectivity index (χ2v) is 5.03. The standard InChI is InChI=1S/C12H15NO4S/c1-16-10-4-3-7(5-9(10)14)11-13-8(6-18-11)12(15)17-2/h3-5,8,11,13-14H,6H2,1-2H3/t8-,11?/m0/s1. The minimum absolute atomic E-state index is 0.0223. The molecule has 0 saturated carbocycles. The van der Waals surface area contributed by atoms with Crippen LogP contribution in [0.1, 0.15) is 10.9 Å². The first kappa shape index (κ1) is 13.0. The Labute approximate surface area is 109 Å². The summed E-state index contributed by atoms with van der Waals surface area (Å²) < 4.78 is 9.68. The molecule has 0 radical (unpaired) electrons. The van der Waals surface area contributed by atoms with Gasteiger partial charge in [0.15, 0.2) is 11.5 Å². The molecule has 2 atom stereocenters. The lowest BCUT2D eigenvalue weighted by Crippen LogP contribution is -2.34. The van der Waals surface area contributed by atoms with Gasteiger partial charge in [-0.25, -0.2) is 0 Å². The third-order valence-electron chi connectivity index (χ3n) is 2.77. The Morgan fingerprint density at radius 3 is 2.89 bits per heavy atom. The monoisotopic (exact) mass is 269 g/mol. The predicted octanol–water partition coefficient (Wildman–Crippen LogP) is 1.28. The van der Waals surface area contributed by atoms with Crippen LogP contribution in [0.4, 0.5) is 0 Å². The molecule has 2 rings (SSSR count). The van der Waals surface area contributed by atoms with Gasteiger partial charge in [0.05, 0.1) is 19.6 Å². The second kappa shape index (κ2) is 5.49. The van der Waals surface area contributed by atoms with Crippen LogP contribution in [0.15, 0.2) is 18.2 Å². The van der Waals surface area contributed by atoms with Crippen LogP contribution in [0, 0.1) is 0 Å². The van der Waals surface area contributed by atoms with Gasteiger partial charge in [-0.3, -0.25) is 10.1 Å². The first-order valence-electron chi connectivity index (χ1n) is 5.48. The highest BCUT2D eigenvalue weighted by Gasteiger charge is 2.31. The Balaban J connectivity index is 2.10. The van der Waals surface area contributed by atoms with Gasteiger partial charge in [0, 0.05) is 5.75 Å². The number of carbonyl (C=O) groups is 1. The number of methoxy groups -OCH3 is 2. The maximum atomic E-state index is 11.4. The number of hydrogen-bond acceptors (Lipinski definition) is 6. The number of aromatic hydroxyl groups is 1. The van der Waals surface area contributed by atoms with Gasteiger partial charge in [-0.15, -0.1) is 11.8 Å². The van der Waals surface area contributed by atoms with E-state index >= 15 is 0 Å². The van der Waals surface area contributed by atoms with Crippen molar-refractivity contribution in [3.63, 3.8) is 0 Å². The van der Waals surface area contributed by atoms with E-state index < -0.39 is 0 Å². The van der Waals surface area contributed by atoms with E-state index in [4.69, 9.17) is 9.47 Å². The maximum absolute atomic E-state index is 11.4. The topological polar surface area (TPSA) is 67.8 Å². The number of benzene rings is 1. The first-order valence-corrected chi connectivity index (χ1v) is 6.53. The Hall–Kier alpha value is -1.40. The van der Waals surface area contributed by atoms with Crippen molar-refractivity contribution < 1.29 is 19.4 Å². The summed E-state index contributed by atoms with van der Waals surface area (Å²) in [6.45, 7) is 0.